The number of hydrogen-bond acceptors (Lipinski definition) is 9. The van der Waals surface area contributed by atoms with E-state index in [0.29, 0.717) is 22.8 Å². The lowest BCUT2D eigenvalue weighted by atomic mass is 10.0. The van der Waals surface area contributed by atoms with E-state index < -0.39 is 29.4 Å². The number of hydrogen-bond donors (Lipinski definition) is 1. The molecular formula is C34H38F3N3O4S2. The summed E-state index contributed by atoms with van der Waals surface area (Å²) in [6, 6.07) is 18.4. The van der Waals surface area contributed by atoms with Crippen LogP contribution in [0.4, 0.5) is 18.9 Å². The number of benzene rings is 3. The van der Waals surface area contributed by atoms with E-state index in [-0.39, 0.29) is 12.4 Å². The average molecular weight is 674 g/mol. The molecule has 5 rings (SSSR count). The van der Waals surface area contributed by atoms with Crippen molar-refractivity contribution in [2.24, 2.45) is 4.99 Å². The summed E-state index contributed by atoms with van der Waals surface area (Å²) in [5.74, 6) is 1.84. The highest BCUT2D eigenvalue weighted by Gasteiger charge is 2.39. The van der Waals surface area contributed by atoms with Crippen LogP contribution in [0.3, 0.4) is 0 Å². The lowest BCUT2D eigenvalue weighted by Crippen LogP contribution is -2.52. The van der Waals surface area contributed by atoms with Crippen molar-refractivity contribution in [2.45, 2.75) is 43.5 Å². The summed E-state index contributed by atoms with van der Waals surface area (Å²) in [5.41, 5.74) is 1.54. The van der Waals surface area contributed by atoms with E-state index in [9.17, 15) is 23.1 Å². The third-order valence-corrected chi connectivity index (χ3v) is 10.5. The highest BCUT2D eigenvalue weighted by Crippen LogP contribution is 2.38. The van der Waals surface area contributed by atoms with Gasteiger partial charge in [0.2, 0.25) is 0 Å². The zero-order chi connectivity index (χ0) is 32.9. The number of esters is 1. The van der Waals surface area contributed by atoms with Crippen LogP contribution < -0.4 is 9.64 Å². The number of alkyl halides is 3. The third-order valence-electron chi connectivity index (χ3n) is 7.96. The van der Waals surface area contributed by atoms with Crippen molar-refractivity contribution in [3.63, 3.8) is 0 Å². The Hall–Kier alpha value is -3.35. The minimum absolute atomic E-state index is 0.242. The summed E-state index contributed by atoms with van der Waals surface area (Å²) in [5, 5.41) is 10.4. The number of rotatable bonds is 11. The van der Waals surface area contributed by atoms with Crippen LogP contribution in [-0.2, 0) is 15.7 Å². The van der Waals surface area contributed by atoms with E-state index in [2.05, 4.69) is 9.80 Å². The molecule has 7 nitrogen and oxygen atoms in total. The predicted octanol–water partition coefficient (Wildman–Crippen LogP) is 6.90. The Bertz CT molecular complexity index is 1530. The number of phenolic OH excluding ortho intramolecular Hbond substituents is 1. The molecule has 2 unspecified atom stereocenters. The maximum absolute atomic E-state index is 13.2. The van der Waals surface area contributed by atoms with Crippen LogP contribution in [0.25, 0.3) is 0 Å². The number of anilines is 1. The summed E-state index contributed by atoms with van der Waals surface area (Å²) in [4.78, 5) is 23.0. The second kappa shape index (κ2) is 14.6. The topological polar surface area (TPSA) is 74.6 Å². The first-order valence-electron chi connectivity index (χ1n) is 15.2. The molecular weight excluding hydrogens is 636 g/mol. The molecule has 1 N–H and O–H groups in total. The van der Waals surface area contributed by atoms with Crippen molar-refractivity contribution in [1.29, 1.82) is 0 Å². The quantitative estimate of drug-likeness (QED) is 0.174. The van der Waals surface area contributed by atoms with Gasteiger partial charge < -0.3 is 19.5 Å². The Balaban J connectivity index is 1.31. The summed E-state index contributed by atoms with van der Waals surface area (Å²) in [6.07, 6.45) is -5.11. The molecule has 0 saturated carbocycles. The molecule has 2 atom stereocenters. The Morgan fingerprint density at radius 1 is 1.07 bits per heavy atom. The molecule has 2 heterocycles. The maximum Gasteiger partial charge on any atom is 0.416 e. The third kappa shape index (κ3) is 8.51. The largest absolute Gasteiger partial charge is 0.508 e. The van der Waals surface area contributed by atoms with Crippen LogP contribution in [-0.4, -0.2) is 83.5 Å². The van der Waals surface area contributed by atoms with Crippen molar-refractivity contribution in [1.82, 2.24) is 4.90 Å². The molecule has 2 aliphatic heterocycles. The standard InChI is InChI=1S/C34H38F3N3O4S2/c1-4-43-32(42)24(3)44-30-14-13-29(19-23(30)2)45-21-33(20-39-15-17-40(18-16-39)27-9-11-28(41)12-10-27)22-46-31(38-33)25-5-7-26(8-6-25)34(35,36)37/h5-14,19,24,41H,4,15-18,20-22H2,1-3H3. The number of halogens is 3. The molecule has 0 amide bonds. The van der Waals surface area contributed by atoms with Crippen LogP contribution in [0, 0.1) is 6.92 Å². The van der Waals surface area contributed by atoms with Gasteiger partial charge in [0.15, 0.2) is 6.10 Å². The van der Waals surface area contributed by atoms with E-state index in [0.717, 1.165) is 66.0 Å². The Kier molecular flexibility index (Phi) is 10.8. The molecule has 12 heteroatoms. The second-order valence-corrected chi connectivity index (χ2v) is 13.5. The fourth-order valence-electron chi connectivity index (χ4n) is 5.44. The minimum atomic E-state index is -4.39. The number of aliphatic imine (C=N–C) groups is 1. The second-order valence-electron chi connectivity index (χ2n) is 11.5. The zero-order valence-corrected chi connectivity index (χ0v) is 27.7. The molecule has 0 radical (unpaired) electrons. The van der Waals surface area contributed by atoms with Crippen LogP contribution in [0.1, 0.15) is 30.5 Å². The average Bonchev–Trinajstić information content (AvgIpc) is 3.46. The SMILES string of the molecule is CCOC(=O)C(C)Oc1ccc(SCC2(CN3CCN(c4ccc(O)cc4)CC3)CSC(c3ccc(C(F)(F)F)cc3)=N2)cc1C. The van der Waals surface area contributed by atoms with Crippen LogP contribution in [0.5, 0.6) is 11.5 Å². The summed E-state index contributed by atoms with van der Waals surface area (Å²) in [7, 11) is 0. The van der Waals surface area contributed by atoms with E-state index >= 15 is 0 Å². The Labute approximate surface area is 276 Å². The summed E-state index contributed by atoms with van der Waals surface area (Å²) < 4.78 is 50.5. The van der Waals surface area contributed by atoms with Crippen molar-refractivity contribution in [3.05, 3.63) is 83.4 Å². The van der Waals surface area contributed by atoms with Gasteiger partial charge in [0.05, 0.1) is 22.8 Å². The number of carbonyl (C=O) groups is 1. The van der Waals surface area contributed by atoms with Gasteiger partial charge in [-0.2, -0.15) is 13.2 Å². The molecule has 0 aliphatic carbocycles. The van der Waals surface area contributed by atoms with Crippen molar-refractivity contribution in [3.8, 4) is 11.5 Å². The van der Waals surface area contributed by atoms with Gasteiger partial charge in [-0.05, 0) is 80.9 Å². The number of thioether (sulfide) groups is 2. The number of ether oxygens (including phenoxy) is 2. The fourth-order valence-corrected chi connectivity index (χ4v) is 7.91. The molecule has 0 aromatic heterocycles. The molecule has 1 fully saturated rings. The van der Waals surface area contributed by atoms with Gasteiger partial charge in [-0.25, -0.2) is 4.79 Å². The van der Waals surface area contributed by atoms with Gasteiger partial charge in [-0.15, -0.1) is 23.5 Å². The first-order chi connectivity index (χ1) is 21.9. The van der Waals surface area contributed by atoms with E-state index in [1.165, 1.54) is 12.1 Å². The lowest BCUT2D eigenvalue weighted by Gasteiger charge is -2.39. The highest BCUT2D eigenvalue weighted by atomic mass is 32.2. The summed E-state index contributed by atoms with van der Waals surface area (Å²) >= 11 is 3.27. The Morgan fingerprint density at radius 2 is 1.76 bits per heavy atom. The van der Waals surface area contributed by atoms with Crippen LogP contribution in [0.15, 0.2) is 76.6 Å². The first-order valence-corrected chi connectivity index (χ1v) is 17.2. The Morgan fingerprint density at radius 3 is 2.39 bits per heavy atom. The van der Waals surface area contributed by atoms with Gasteiger partial charge in [-0.3, -0.25) is 9.89 Å². The lowest BCUT2D eigenvalue weighted by molar-refractivity contribution is -0.150. The number of aryl methyl sites for hydroxylation is 1. The van der Waals surface area contributed by atoms with Crippen LogP contribution in [0.2, 0.25) is 0 Å². The number of carbonyl (C=O) groups excluding carboxylic acids is 1. The van der Waals surface area contributed by atoms with E-state index in [4.69, 9.17) is 14.5 Å². The van der Waals surface area contributed by atoms with E-state index in [1.807, 2.05) is 37.3 Å². The zero-order valence-electron chi connectivity index (χ0n) is 26.0. The van der Waals surface area contributed by atoms with E-state index in [1.54, 1.807) is 49.5 Å². The molecule has 46 heavy (non-hydrogen) atoms. The molecule has 3 aromatic rings. The number of phenols is 1. The van der Waals surface area contributed by atoms with Gasteiger partial charge in [0, 0.05) is 60.4 Å². The molecule has 3 aromatic carbocycles. The van der Waals surface area contributed by atoms with Gasteiger partial charge in [-0.1, -0.05) is 12.1 Å². The fraction of sp³-hybridized carbons (Fsp3) is 0.412. The smallest absolute Gasteiger partial charge is 0.416 e. The van der Waals surface area contributed by atoms with Crippen molar-refractivity contribution < 1.29 is 32.5 Å². The van der Waals surface area contributed by atoms with Crippen molar-refractivity contribution >= 4 is 40.2 Å². The monoisotopic (exact) mass is 673 g/mol. The number of piperazine rings is 1. The molecule has 0 bridgehead atoms. The number of nitrogens with zero attached hydrogens (tertiary/aromatic N) is 3. The highest BCUT2D eigenvalue weighted by molar-refractivity contribution is 8.14. The van der Waals surface area contributed by atoms with Gasteiger partial charge >= 0.3 is 12.1 Å². The molecule has 1 saturated heterocycles. The first kappa shape index (κ1) is 34.0. The normalized spacial score (nSPS) is 19.5. The predicted molar refractivity (Wildman–Crippen MR) is 179 cm³/mol. The van der Waals surface area contributed by atoms with Crippen LogP contribution >= 0.6 is 23.5 Å². The maximum atomic E-state index is 13.2. The molecule has 2 aliphatic rings. The number of aromatic hydroxyl groups is 1. The minimum Gasteiger partial charge on any atom is -0.508 e. The van der Waals surface area contributed by atoms with Gasteiger partial charge in [0.25, 0.3) is 0 Å². The molecule has 246 valence electrons. The molecule has 0 spiro atoms. The summed E-state index contributed by atoms with van der Waals surface area (Å²) in [6.45, 7) is 9.72. The van der Waals surface area contributed by atoms with Crippen molar-refractivity contribution in [2.75, 3.05) is 55.7 Å². The van der Waals surface area contributed by atoms with Gasteiger partial charge in [0.1, 0.15) is 11.5 Å².